The molecule has 3 aromatic carbocycles. The molecular weight excluding hydrogens is 552 g/mol. The van der Waals surface area contributed by atoms with Gasteiger partial charge in [-0.15, -0.1) is 0 Å². The Labute approximate surface area is 241 Å². The summed E-state index contributed by atoms with van der Waals surface area (Å²) in [6.07, 6.45) is -0.392. The molecular formula is C28H28N4O8S. The van der Waals surface area contributed by atoms with Gasteiger partial charge in [-0.3, -0.25) is 20.2 Å². The number of likely N-dealkylation sites (tertiary alicyclic amines) is 1. The van der Waals surface area contributed by atoms with Crippen molar-refractivity contribution in [2.45, 2.75) is 37.5 Å². The Morgan fingerprint density at radius 1 is 0.854 bits per heavy atom. The number of hydrogen-bond acceptors (Lipinski definition) is 9. The highest BCUT2D eigenvalue weighted by Gasteiger charge is 2.35. The molecule has 2 amide bonds. The Morgan fingerprint density at radius 2 is 1.34 bits per heavy atom. The summed E-state index contributed by atoms with van der Waals surface area (Å²) in [5.41, 5.74) is 2.97. The zero-order valence-corrected chi connectivity index (χ0v) is 23.0. The van der Waals surface area contributed by atoms with Crippen LogP contribution in [0.5, 0.6) is 0 Å². The van der Waals surface area contributed by atoms with Gasteiger partial charge >= 0.3 is 12.2 Å². The maximum Gasteiger partial charge on any atom is 0.410 e. The van der Waals surface area contributed by atoms with Crippen LogP contribution >= 0.6 is 12.6 Å². The molecule has 0 aliphatic carbocycles. The van der Waals surface area contributed by atoms with E-state index in [1.165, 1.54) is 41.3 Å². The minimum atomic E-state index is -0.539. The molecule has 0 N–H and O–H groups in total. The second-order valence-corrected chi connectivity index (χ2v) is 10.3. The fourth-order valence-corrected chi connectivity index (χ4v) is 4.80. The van der Waals surface area contributed by atoms with Crippen LogP contribution in [0.4, 0.5) is 21.0 Å². The highest BCUT2D eigenvalue weighted by molar-refractivity contribution is 7.81. The summed E-state index contributed by atoms with van der Waals surface area (Å²) in [5, 5.41) is 21.6. The lowest BCUT2D eigenvalue weighted by molar-refractivity contribution is -0.385. The number of thiol groups is 1. The topological polar surface area (TPSA) is 145 Å². The van der Waals surface area contributed by atoms with E-state index < -0.39 is 22.0 Å². The van der Waals surface area contributed by atoms with Crippen LogP contribution in [0.25, 0.3) is 0 Å². The third-order valence-electron chi connectivity index (χ3n) is 6.63. The van der Waals surface area contributed by atoms with E-state index in [-0.39, 0.29) is 35.9 Å². The van der Waals surface area contributed by atoms with E-state index in [0.717, 1.165) is 11.1 Å². The molecule has 214 valence electrons. The SMILES string of the molecule is CN(Cc1ccc([C@H]2C[C@H](S)CN2C(=O)OCc2ccc([N+](=O)[O-])cc2)cc1)C(=O)OCc1ccc([N+](=O)[O-])cc1. The Hall–Kier alpha value is -4.65. The van der Waals surface area contributed by atoms with Crippen LogP contribution < -0.4 is 0 Å². The third-order valence-corrected chi connectivity index (χ3v) is 7.00. The maximum absolute atomic E-state index is 12.9. The molecule has 41 heavy (non-hydrogen) atoms. The lowest BCUT2D eigenvalue weighted by Crippen LogP contribution is -2.31. The normalized spacial score (nSPS) is 16.2. The minimum absolute atomic E-state index is 0.0111. The maximum atomic E-state index is 12.9. The van der Waals surface area contributed by atoms with Gasteiger partial charge in [0.25, 0.3) is 11.4 Å². The Bertz CT molecular complexity index is 1400. The van der Waals surface area contributed by atoms with Gasteiger partial charge in [-0.25, -0.2) is 9.59 Å². The first-order valence-corrected chi connectivity index (χ1v) is 13.2. The fourth-order valence-electron chi connectivity index (χ4n) is 4.43. The number of carbonyl (C=O) groups is 2. The first kappa shape index (κ1) is 29.3. The molecule has 2 atom stereocenters. The highest BCUT2D eigenvalue weighted by atomic mass is 32.1. The van der Waals surface area contributed by atoms with Crippen LogP contribution in [0.2, 0.25) is 0 Å². The van der Waals surface area contributed by atoms with Crippen LogP contribution in [0.3, 0.4) is 0 Å². The second kappa shape index (κ2) is 13.1. The van der Waals surface area contributed by atoms with Crippen molar-refractivity contribution in [2.24, 2.45) is 0 Å². The third kappa shape index (κ3) is 7.72. The van der Waals surface area contributed by atoms with Gasteiger partial charge in [0.2, 0.25) is 0 Å². The lowest BCUT2D eigenvalue weighted by Gasteiger charge is -2.24. The van der Waals surface area contributed by atoms with Crippen molar-refractivity contribution in [3.63, 3.8) is 0 Å². The van der Waals surface area contributed by atoms with Crippen LogP contribution in [-0.2, 0) is 29.2 Å². The van der Waals surface area contributed by atoms with Crippen LogP contribution in [0, 0.1) is 20.2 Å². The smallest absolute Gasteiger partial charge is 0.410 e. The van der Waals surface area contributed by atoms with Crippen molar-refractivity contribution < 1.29 is 28.9 Å². The molecule has 13 heteroatoms. The van der Waals surface area contributed by atoms with Gasteiger partial charge in [-0.1, -0.05) is 24.3 Å². The number of nitrogens with zero attached hydrogens (tertiary/aromatic N) is 4. The van der Waals surface area contributed by atoms with Gasteiger partial charge in [-0.2, -0.15) is 12.6 Å². The molecule has 1 fully saturated rings. The van der Waals surface area contributed by atoms with E-state index >= 15 is 0 Å². The number of non-ortho nitro benzene ring substituents is 2. The monoisotopic (exact) mass is 580 g/mol. The Kier molecular flexibility index (Phi) is 9.40. The van der Waals surface area contributed by atoms with Crippen molar-refractivity contribution in [2.75, 3.05) is 13.6 Å². The molecule has 3 aromatic rings. The van der Waals surface area contributed by atoms with Crippen LogP contribution in [0.15, 0.2) is 72.8 Å². The molecule has 1 heterocycles. The first-order chi connectivity index (χ1) is 19.6. The van der Waals surface area contributed by atoms with Crippen molar-refractivity contribution in [3.8, 4) is 0 Å². The highest BCUT2D eigenvalue weighted by Crippen LogP contribution is 2.35. The van der Waals surface area contributed by atoms with Gasteiger partial charge in [-0.05, 0) is 52.9 Å². The molecule has 0 radical (unpaired) electrons. The summed E-state index contributed by atoms with van der Waals surface area (Å²) in [5.74, 6) is 0. The quantitative estimate of drug-likeness (QED) is 0.194. The molecule has 4 rings (SSSR count). The summed E-state index contributed by atoms with van der Waals surface area (Å²) in [4.78, 5) is 49.0. The summed E-state index contributed by atoms with van der Waals surface area (Å²) in [6, 6.07) is 18.9. The largest absolute Gasteiger partial charge is 0.445 e. The predicted octanol–water partition coefficient (Wildman–Crippen LogP) is 5.65. The number of amides is 2. The van der Waals surface area contributed by atoms with E-state index in [2.05, 4.69) is 12.6 Å². The van der Waals surface area contributed by atoms with Gasteiger partial charge < -0.3 is 19.3 Å². The molecule has 0 saturated carbocycles. The van der Waals surface area contributed by atoms with E-state index in [9.17, 15) is 29.8 Å². The summed E-state index contributed by atoms with van der Waals surface area (Å²) < 4.78 is 10.8. The van der Waals surface area contributed by atoms with Gasteiger partial charge in [0.15, 0.2) is 0 Å². The zero-order chi connectivity index (χ0) is 29.5. The zero-order valence-electron chi connectivity index (χ0n) is 22.1. The van der Waals surface area contributed by atoms with Crippen molar-refractivity contribution in [3.05, 3.63) is 115 Å². The number of nitro groups is 2. The molecule has 0 spiro atoms. The number of carbonyl (C=O) groups excluding carboxylic acids is 2. The number of rotatable bonds is 9. The summed E-state index contributed by atoms with van der Waals surface area (Å²) >= 11 is 4.57. The summed E-state index contributed by atoms with van der Waals surface area (Å²) in [7, 11) is 1.61. The summed E-state index contributed by atoms with van der Waals surface area (Å²) in [6.45, 7) is 0.684. The van der Waals surface area contributed by atoms with Crippen molar-refractivity contribution in [1.82, 2.24) is 9.80 Å². The molecule has 1 aliphatic rings. The first-order valence-electron chi connectivity index (χ1n) is 12.7. The van der Waals surface area contributed by atoms with Crippen LogP contribution in [-0.4, -0.2) is 50.7 Å². The average Bonchev–Trinajstić information content (AvgIpc) is 3.37. The van der Waals surface area contributed by atoms with Crippen molar-refractivity contribution >= 4 is 36.2 Å². The average molecular weight is 581 g/mol. The Morgan fingerprint density at radius 3 is 1.85 bits per heavy atom. The molecule has 1 saturated heterocycles. The van der Waals surface area contributed by atoms with Gasteiger partial charge in [0.1, 0.15) is 13.2 Å². The fraction of sp³-hybridized carbons (Fsp3) is 0.286. The molecule has 0 aromatic heterocycles. The molecule has 0 unspecified atom stereocenters. The van der Waals surface area contributed by atoms with Gasteiger partial charge in [0.05, 0.1) is 15.9 Å². The van der Waals surface area contributed by atoms with Gasteiger partial charge in [0, 0.05) is 49.7 Å². The molecule has 1 aliphatic heterocycles. The van der Waals surface area contributed by atoms with E-state index in [1.807, 2.05) is 24.3 Å². The molecule has 12 nitrogen and oxygen atoms in total. The predicted molar refractivity (Wildman–Crippen MR) is 151 cm³/mol. The second-order valence-electron chi connectivity index (χ2n) is 9.61. The standard InChI is InChI=1S/C28H28N4O8S/c1-29(27(33)39-17-20-4-10-23(11-5-20)31(35)36)15-19-2-8-22(9-3-19)26-14-25(41)16-30(26)28(34)40-18-21-6-12-24(13-7-21)32(37)38/h2-13,25-26,41H,14-18H2,1H3/t25-,26+/m0/s1. The van der Waals surface area contributed by atoms with E-state index in [1.54, 1.807) is 24.1 Å². The minimum Gasteiger partial charge on any atom is -0.445 e. The lowest BCUT2D eigenvalue weighted by atomic mass is 10.0. The number of hydrogen-bond donors (Lipinski definition) is 1. The van der Waals surface area contributed by atoms with E-state index in [0.29, 0.717) is 30.6 Å². The Balaban J connectivity index is 1.30. The number of ether oxygens (including phenoxy) is 2. The van der Waals surface area contributed by atoms with Crippen LogP contribution in [0.1, 0.15) is 34.7 Å². The van der Waals surface area contributed by atoms with E-state index in [4.69, 9.17) is 9.47 Å². The molecule has 0 bridgehead atoms. The number of benzene rings is 3. The number of nitro benzene ring substituents is 2. The van der Waals surface area contributed by atoms with Crippen molar-refractivity contribution in [1.29, 1.82) is 0 Å².